The summed E-state index contributed by atoms with van der Waals surface area (Å²) in [6.45, 7) is 6.13. The minimum absolute atomic E-state index is 0.0373. The number of aliphatic hydroxyl groups is 1. The quantitative estimate of drug-likeness (QED) is 0.494. The number of amides is 1. The number of halogens is 3. The third kappa shape index (κ3) is 7.47. The van der Waals surface area contributed by atoms with E-state index in [0.717, 1.165) is 12.1 Å². The summed E-state index contributed by atoms with van der Waals surface area (Å²) in [6.07, 6.45) is 0.672. The van der Waals surface area contributed by atoms with E-state index in [2.05, 4.69) is 4.18 Å². The molecule has 1 fully saturated rings. The number of hydrogen-bond donors (Lipinski definition) is 1. The van der Waals surface area contributed by atoms with Crippen molar-refractivity contribution in [2.45, 2.75) is 50.3 Å². The van der Waals surface area contributed by atoms with Crippen LogP contribution in [0.4, 0.5) is 18.0 Å². The van der Waals surface area contributed by atoms with E-state index < -0.39 is 45.6 Å². The number of alkyl halides is 3. The Balaban J connectivity index is 1.73. The van der Waals surface area contributed by atoms with Gasteiger partial charge in [0.25, 0.3) is 0 Å². The van der Waals surface area contributed by atoms with Crippen LogP contribution in [0.2, 0.25) is 0 Å². The lowest BCUT2D eigenvalue weighted by atomic mass is 9.86. The first-order chi connectivity index (χ1) is 17.7. The van der Waals surface area contributed by atoms with E-state index >= 15 is 0 Å². The molecule has 1 heterocycles. The van der Waals surface area contributed by atoms with E-state index in [9.17, 15) is 32.1 Å². The molecule has 8 nitrogen and oxygen atoms in total. The first-order valence-corrected chi connectivity index (χ1v) is 13.0. The van der Waals surface area contributed by atoms with E-state index in [-0.39, 0.29) is 23.7 Å². The molecule has 0 saturated carbocycles. The molecule has 1 saturated heterocycles. The fourth-order valence-corrected chi connectivity index (χ4v) is 4.27. The molecule has 208 valence electrons. The molecule has 3 rings (SSSR count). The molecule has 1 aliphatic heterocycles. The van der Waals surface area contributed by atoms with E-state index in [4.69, 9.17) is 9.47 Å². The second kappa shape index (κ2) is 11.7. The molecule has 0 bridgehead atoms. The second-order valence-corrected chi connectivity index (χ2v) is 11.0. The Bertz CT molecular complexity index is 1150. The fourth-order valence-electron chi connectivity index (χ4n) is 3.90. The number of likely N-dealkylation sites (tertiary alicyclic amines) is 1. The summed E-state index contributed by atoms with van der Waals surface area (Å²) in [6, 6.07) is 12.5. The molecule has 1 aliphatic rings. The Morgan fingerprint density at radius 2 is 1.61 bits per heavy atom. The number of ether oxygens (including phenoxy) is 2. The monoisotopic (exact) mass is 557 g/mol. The van der Waals surface area contributed by atoms with Crippen molar-refractivity contribution >= 4 is 23.1 Å². The number of carbonyl (C=O) groups is 2. The average Bonchev–Trinajstić information content (AvgIpc) is 2.86. The van der Waals surface area contributed by atoms with Crippen LogP contribution in [0.3, 0.4) is 0 Å². The van der Waals surface area contributed by atoms with Crippen LogP contribution in [-0.4, -0.2) is 57.1 Å². The van der Waals surface area contributed by atoms with Crippen molar-refractivity contribution in [2.24, 2.45) is 5.92 Å². The highest BCUT2D eigenvalue weighted by Gasteiger charge is 2.43. The van der Waals surface area contributed by atoms with Crippen LogP contribution in [0.1, 0.15) is 44.7 Å². The van der Waals surface area contributed by atoms with Crippen molar-refractivity contribution in [3.63, 3.8) is 0 Å². The predicted molar refractivity (Wildman–Crippen MR) is 132 cm³/mol. The first-order valence-electron chi connectivity index (χ1n) is 11.9. The standard InChI is InChI=1S/C26H30F3NO7S/c1-24(2,3)36-23(32)30-14-12-18(13-15-30)17-35-22(31)25(33,19-8-5-4-6-9-19)20-10-7-11-21(16-20)37-38(34)26(27,28)29/h4-11,16,18,33H,12-15,17H2,1-3H3. The molecule has 1 N–H and O–H groups in total. The van der Waals surface area contributed by atoms with Crippen LogP contribution in [0.5, 0.6) is 5.75 Å². The van der Waals surface area contributed by atoms with E-state index in [1.54, 1.807) is 43.9 Å². The largest absolute Gasteiger partial charge is 0.508 e. The number of hydrogen-bond acceptors (Lipinski definition) is 7. The number of carbonyl (C=O) groups excluding carboxylic acids is 2. The molecule has 0 spiro atoms. The van der Waals surface area contributed by atoms with Gasteiger partial charge in [0.1, 0.15) is 11.4 Å². The lowest BCUT2D eigenvalue weighted by molar-refractivity contribution is -0.164. The van der Waals surface area contributed by atoms with Gasteiger partial charge in [0.2, 0.25) is 5.60 Å². The van der Waals surface area contributed by atoms with Crippen molar-refractivity contribution < 1.29 is 45.7 Å². The highest BCUT2D eigenvalue weighted by molar-refractivity contribution is 7.81. The minimum Gasteiger partial charge on any atom is -0.463 e. The van der Waals surface area contributed by atoms with Gasteiger partial charge in [0.05, 0.1) is 6.61 Å². The van der Waals surface area contributed by atoms with Gasteiger partial charge in [-0.1, -0.05) is 42.5 Å². The summed E-state index contributed by atoms with van der Waals surface area (Å²) < 4.78 is 64.9. The van der Waals surface area contributed by atoms with Crippen molar-refractivity contribution in [3.05, 3.63) is 65.7 Å². The lowest BCUT2D eigenvalue weighted by Gasteiger charge is -2.34. The maximum Gasteiger partial charge on any atom is 0.508 e. The van der Waals surface area contributed by atoms with Crippen LogP contribution >= 0.6 is 0 Å². The molecule has 12 heteroatoms. The molecule has 2 aromatic rings. The van der Waals surface area contributed by atoms with Crippen molar-refractivity contribution in [1.82, 2.24) is 4.90 Å². The van der Waals surface area contributed by atoms with Gasteiger partial charge in [-0.2, -0.15) is 13.2 Å². The minimum atomic E-state index is -5.11. The summed E-state index contributed by atoms with van der Waals surface area (Å²) in [4.78, 5) is 27.2. The summed E-state index contributed by atoms with van der Waals surface area (Å²) in [5.41, 5.74) is -8.10. The van der Waals surface area contributed by atoms with Crippen LogP contribution < -0.4 is 4.18 Å². The van der Waals surface area contributed by atoms with Gasteiger partial charge in [0, 0.05) is 18.7 Å². The van der Waals surface area contributed by atoms with Crippen molar-refractivity contribution in [1.29, 1.82) is 0 Å². The zero-order valence-corrected chi connectivity index (χ0v) is 22.0. The molecule has 2 aromatic carbocycles. The van der Waals surface area contributed by atoms with Crippen molar-refractivity contribution in [3.8, 4) is 5.75 Å². The molecular weight excluding hydrogens is 527 g/mol. The molecule has 2 unspecified atom stereocenters. The SMILES string of the molecule is CC(C)(C)OC(=O)N1CCC(COC(=O)C(O)(c2ccccc2)c2cccc(OS(=O)C(F)(F)F)c2)CC1. The molecule has 0 aromatic heterocycles. The second-order valence-electron chi connectivity index (χ2n) is 9.88. The highest BCUT2D eigenvalue weighted by atomic mass is 32.2. The maximum absolute atomic E-state index is 13.3. The van der Waals surface area contributed by atoms with Gasteiger partial charge in [-0.15, -0.1) is 0 Å². The zero-order valence-electron chi connectivity index (χ0n) is 21.2. The van der Waals surface area contributed by atoms with Gasteiger partial charge >= 0.3 is 28.7 Å². The van der Waals surface area contributed by atoms with Crippen LogP contribution in [0, 0.1) is 5.92 Å². The molecule has 0 aliphatic carbocycles. The number of benzene rings is 2. The smallest absolute Gasteiger partial charge is 0.463 e. The molecule has 38 heavy (non-hydrogen) atoms. The molecule has 1 amide bonds. The van der Waals surface area contributed by atoms with Gasteiger partial charge in [-0.3, -0.25) is 0 Å². The van der Waals surface area contributed by atoms with Gasteiger partial charge in [0.15, 0.2) is 0 Å². The van der Waals surface area contributed by atoms with Crippen LogP contribution in [-0.2, 0) is 30.9 Å². The van der Waals surface area contributed by atoms with E-state index in [0.29, 0.717) is 25.9 Å². The number of piperidine rings is 1. The normalized spacial score (nSPS) is 17.3. The Kier molecular flexibility index (Phi) is 9.09. The first kappa shape index (κ1) is 29.4. The van der Waals surface area contributed by atoms with Gasteiger partial charge in [-0.25, -0.2) is 13.8 Å². The number of rotatable bonds is 7. The van der Waals surface area contributed by atoms with E-state index in [1.807, 2.05) is 0 Å². The Morgan fingerprint density at radius 3 is 2.18 bits per heavy atom. The summed E-state index contributed by atoms with van der Waals surface area (Å²) in [7, 11) is 0. The molecule has 2 atom stereocenters. The topological polar surface area (TPSA) is 102 Å². The van der Waals surface area contributed by atoms with E-state index in [1.165, 1.54) is 24.3 Å². The number of nitrogens with zero attached hydrogens (tertiary/aromatic N) is 1. The molecular formula is C26H30F3NO7S. The zero-order chi connectivity index (χ0) is 28.1. The third-order valence-corrected chi connectivity index (χ3v) is 6.54. The fraction of sp³-hybridized carbons (Fsp3) is 0.462. The maximum atomic E-state index is 13.3. The van der Waals surface area contributed by atoms with Gasteiger partial charge in [-0.05, 0) is 57.2 Å². The summed E-state index contributed by atoms with van der Waals surface area (Å²) >= 11 is -3.63. The highest BCUT2D eigenvalue weighted by Crippen LogP contribution is 2.34. The Hall–Kier alpha value is -3.12. The average molecular weight is 558 g/mol. The van der Waals surface area contributed by atoms with Crippen LogP contribution in [0.15, 0.2) is 54.6 Å². The van der Waals surface area contributed by atoms with Crippen molar-refractivity contribution in [2.75, 3.05) is 19.7 Å². The van der Waals surface area contributed by atoms with Gasteiger partial charge < -0.3 is 23.7 Å². The predicted octanol–water partition coefficient (Wildman–Crippen LogP) is 4.68. The summed E-state index contributed by atoms with van der Waals surface area (Å²) in [5.74, 6) is -1.57. The molecule has 0 radical (unpaired) electrons. The Labute approximate surface area is 221 Å². The Morgan fingerprint density at radius 1 is 1.00 bits per heavy atom. The van der Waals surface area contributed by atoms with Crippen LogP contribution in [0.25, 0.3) is 0 Å². The summed E-state index contributed by atoms with van der Waals surface area (Å²) in [5, 5.41) is 11.6. The number of esters is 1. The third-order valence-electron chi connectivity index (χ3n) is 5.82. The lowest BCUT2D eigenvalue weighted by Crippen LogP contribution is -2.43.